The average molecular weight is 362 g/mol. The largest absolute Gasteiger partial charge is 2.00 e. The Morgan fingerprint density at radius 3 is 1.41 bits per heavy atom. The number of halogens is 1. The number of rotatable bonds is 0. The van der Waals surface area contributed by atoms with E-state index in [1.54, 1.807) is 0 Å². The molecule has 4 aromatic rings. The Labute approximate surface area is 158 Å². The summed E-state index contributed by atoms with van der Waals surface area (Å²) in [5.74, 6) is 0. The van der Waals surface area contributed by atoms with Gasteiger partial charge < -0.3 is 17.0 Å². The SMILES string of the molecule is CC.[Br-].[Mg+2].[c-]1ccc2c(c1)c1ccccc1c1ccccc21. The molecule has 0 aliphatic rings. The maximum absolute atomic E-state index is 3.19. The topological polar surface area (TPSA) is 0 Å². The Morgan fingerprint density at radius 1 is 0.591 bits per heavy atom. The minimum atomic E-state index is 0. The first-order valence-corrected chi connectivity index (χ1v) is 7.14. The van der Waals surface area contributed by atoms with E-state index in [-0.39, 0.29) is 40.0 Å². The third kappa shape index (κ3) is 3.14. The summed E-state index contributed by atoms with van der Waals surface area (Å²) in [6.45, 7) is 4.00. The molecule has 0 unspecified atom stereocenters. The summed E-state index contributed by atoms with van der Waals surface area (Å²) >= 11 is 0. The van der Waals surface area contributed by atoms with Gasteiger partial charge in [-0.15, -0.1) is 10.8 Å². The molecule has 106 valence electrons. The first-order chi connectivity index (χ1) is 9.95. The van der Waals surface area contributed by atoms with Gasteiger partial charge in [-0.3, -0.25) is 0 Å². The summed E-state index contributed by atoms with van der Waals surface area (Å²) in [7, 11) is 0. The van der Waals surface area contributed by atoms with Crippen molar-refractivity contribution in [3.8, 4) is 0 Å². The van der Waals surface area contributed by atoms with Crippen LogP contribution in [-0.4, -0.2) is 23.1 Å². The predicted molar refractivity (Wildman–Crippen MR) is 94.9 cm³/mol. The van der Waals surface area contributed by atoms with Crippen LogP contribution in [0, 0.1) is 6.07 Å². The van der Waals surface area contributed by atoms with Gasteiger partial charge in [-0.1, -0.05) is 67.8 Å². The van der Waals surface area contributed by atoms with Gasteiger partial charge in [-0.2, -0.15) is 24.3 Å². The standard InChI is InChI=1S/C18H11.C2H6.BrH.Mg/c1-2-8-14-13(7-1)15-9-3-4-11-17(15)18-12-6-5-10-16(14)18;1-2;;/h1-5,7-12H;1-2H3;1H;/q-1;;;+2/p-1. The average Bonchev–Trinajstić information content (AvgIpc) is 2.57. The maximum Gasteiger partial charge on any atom is 2.00 e. The van der Waals surface area contributed by atoms with Gasteiger partial charge in [-0.05, 0) is 16.2 Å². The van der Waals surface area contributed by atoms with Gasteiger partial charge in [0.25, 0.3) is 0 Å². The number of hydrogen-bond donors (Lipinski definition) is 0. The third-order valence-corrected chi connectivity index (χ3v) is 3.59. The van der Waals surface area contributed by atoms with Crippen molar-refractivity contribution in [2.75, 3.05) is 0 Å². The van der Waals surface area contributed by atoms with Crippen molar-refractivity contribution in [2.45, 2.75) is 13.8 Å². The summed E-state index contributed by atoms with van der Waals surface area (Å²) < 4.78 is 0. The summed E-state index contributed by atoms with van der Waals surface area (Å²) in [5, 5.41) is 7.87. The second-order valence-electron chi connectivity index (χ2n) is 4.56. The van der Waals surface area contributed by atoms with Crippen molar-refractivity contribution < 1.29 is 17.0 Å². The maximum atomic E-state index is 3.19. The van der Waals surface area contributed by atoms with Crippen LogP contribution in [0.5, 0.6) is 0 Å². The van der Waals surface area contributed by atoms with Crippen LogP contribution in [0.3, 0.4) is 0 Å². The van der Waals surface area contributed by atoms with Crippen LogP contribution in [0.2, 0.25) is 0 Å². The van der Waals surface area contributed by atoms with Crippen LogP contribution in [0.4, 0.5) is 0 Å². The molecule has 0 atom stereocenters. The fourth-order valence-corrected chi connectivity index (χ4v) is 2.79. The van der Waals surface area contributed by atoms with Crippen LogP contribution in [0.15, 0.2) is 66.7 Å². The van der Waals surface area contributed by atoms with Gasteiger partial charge in [0, 0.05) is 0 Å². The van der Waals surface area contributed by atoms with E-state index in [1.165, 1.54) is 32.3 Å². The summed E-state index contributed by atoms with van der Waals surface area (Å²) in [6, 6.07) is 26.6. The molecule has 0 aromatic heterocycles. The molecule has 0 spiro atoms. The van der Waals surface area contributed by atoms with E-state index >= 15 is 0 Å². The number of benzene rings is 4. The molecule has 0 aliphatic carbocycles. The van der Waals surface area contributed by atoms with E-state index in [2.05, 4.69) is 66.7 Å². The van der Waals surface area contributed by atoms with Gasteiger partial charge in [0.05, 0.1) is 0 Å². The molecule has 0 nitrogen and oxygen atoms in total. The van der Waals surface area contributed by atoms with Crippen LogP contribution in [0.25, 0.3) is 32.3 Å². The Morgan fingerprint density at radius 2 is 0.955 bits per heavy atom. The van der Waals surface area contributed by atoms with Crippen molar-refractivity contribution in [1.29, 1.82) is 0 Å². The van der Waals surface area contributed by atoms with Crippen molar-refractivity contribution in [2.24, 2.45) is 0 Å². The molecule has 4 rings (SSSR count). The molecule has 2 heteroatoms. The minimum Gasteiger partial charge on any atom is -1.00 e. The van der Waals surface area contributed by atoms with Gasteiger partial charge in [-0.25, -0.2) is 0 Å². The van der Waals surface area contributed by atoms with E-state index in [9.17, 15) is 0 Å². The van der Waals surface area contributed by atoms with Crippen molar-refractivity contribution in [3.63, 3.8) is 0 Å². The molecule has 0 aliphatic heterocycles. The van der Waals surface area contributed by atoms with Gasteiger partial charge in [0.15, 0.2) is 0 Å². The monoisotopic (exact) mass is 360 g/mol. The zero-order valence-corrected chi connectivity index (χ0v) is 15.9. The second kappa shape index (κ2) is 8.52. The van der Waals surface area contributed by atoms with Crippen LogP contribution in [0.1, 0.15) is 13.8 Å². The Balaban J connectivity index is 0.000000583. The molecule has 0 saturated heterocycles. The van der Waals surface area contributed by atoms with E-state index in [0.29, 0.717) is 0 Å². The molecule has 0 N–H and O–H groups in total. The molecular weight excluding hydrogens is 344 g/mol. The molecule has 22 heavy (non-hydrogen) atoms. The molecule has 0 heterocycles. The third-order valence-electron chi connectivity index (χ3n) is 3.59. The zero-order chi connectivity index (χ0) is 13.9. The zero-order valence-electron chi connectivity index (χ0n) is 12.9. The number of hydrogen-bond acceptors (Lipinski definition) is 0. The van der Waals surface area contributed by atoms with E-state index in [0.717, 1.165) is 0 Å². The van der Waals surface area contributed by atoms with Crippen LogP contribution < -0.4 is 17.0 Å². The molecule has 0 saturated carbocycles. The normalized spacial score (nSPS) is 9.55. The van der Waals surface area contributed by atoms with E-state index in [4.69, 9.17) is 0 Å². The van der Waals surface area contributed by atoms with Gasteiger partial charge in [0.2, 0.25) is 0 Å². The second-order valence-corrected chi connectivity index (χ2v) is 4.56. The molecule has 0 amide bonds. The van der Waals surface area contributed by atoms with E-state index < -0.39 is 0 Å². The first-order valence-electron chi connectivity index (χ1n) is 7.14. The Kier molecular flexibility index (Phi) is 7.34. The van der Waals surface area contributed by atoms with Crippen LogP contribution >= 0.6 is 0 Å². The van der Waals surface area contributed by atoms with E-state index in [1.807, 2.05) is 19.9 Å². The molecule has 0 radical (unpaired) electrons. The number of fused-ring (bicyclic) bond motifs is 6. The minimum absolute atomic E-state index is 0. The molecule has 0 fully saturated rings. The Hall–Kier alpha value is -1.09. The summed E-state index contributed by atoms with van der Waals surface area (Å²) in [4.78, 5) is 0. The summed E-state index contributed by atoms with van der Waals surface area (Å²) in [5.41, 5.74) is 0. The van der Waals surface area contributed by atoms with Crippen molar-refractivity contribution in [3.05, 3.63) is 72.8 Å². The van der Waals surface area contributed by atoms with Gasteiger partial charge >= 0.3 is 23.1 Å². The van der Waals surface area contributed by atoms with Crippen LogP contribution in [-0.2, 0) is 0 Å². The first kappa shape index (κ1) is 19.0. The fourth-order valence-electron chi connectivity index (χ4n) is 2.79. The van der Waals surface area contributed by atoms with Crippen molar-refractivity contribution >= 4 is 55.4 Å². The van der Waals surface area contributed by atoms with Gasteiger partial charge in [0.1, 0.15) is 0 Å². The fraction of sp³-hybridized carbons (Fsp3) is 0.100. The quantitative estimate of drug-likeness (QED) is 0.257. The summed E-state index contributed by atoms with van der Waals surface area (Å²) in [6.07, 6.45) is 0. The van der Waals surface area contributed by atoms with Crippen molar-refractivity contribution in [1.82, 2.24) is 0 Å². The molecular formula is C20H17BrMg. The Bertz CT molecular complexity index is 663. The predicted octanol–water partition coefficient (Wildman–Crippen LogP) is 2.60. The molecule has 4 aromatic carbocycles. The smallest absolute Gasteiger partial charge is 1.00 e. The molecule has 0 bridgehead atoms.